The summed E-state index contributed by atoms with van der Waals surface area (Å²) in [5, 5.41) is 0. The molecule has 2 aromatic rings. The van der Waals surface area contributed by atoms with Gasteiger partial charge in [0.25, 0.3) is 0 Å². The molecule has 2 nitrogen and oxygen atoms in total. The van der Waals surface area contributed by atoms with E-state index in [1.807, 2.05) is 18.2 Å². The Morgan fingerprint density at radius 3 is 2.74 bits per heavy atom. The lowest BCUT2D eigenvalue weighted by molar-refractivity contribution is 0.413. The fourth-order valence-electron chi connectivity index (χ4n) is 1.74. The molecule has 2 N–H and O–H groups in total. The van der Waals surface area contributed by atoms with Gasteiger partial charge in [-0.05, 0) is 64.8 Å². The summed E-state index contributed by atoms with van der Waals surface area (Å²) in [6, 6.07) is 14.4. The molecule has 0 aliphatic rings. The number of methoxy groups -OCH3 is 1. The second-order valence-corrected chi connectivity index (χ2v) is 6.05. The fourth-order valence-corrected chi connectivity index (χ4v) is 3.28. The minimum atomic E-state index is 0.675. The molecule has 2 aromatic carbocycles. The van der Waals surface area contributed by atoms with E-state index in [1.165, 1.54) is 10.5 Å². The Balaban J connectivity index is 2.18. The first-order chi connectivity index (χ1) is 9.22. The number of hydrogen-bond donors (Lipinski definition) is 1. The van der Waals surface area contributed by atoms with E-state index >= 15 is 0 Å². The Hall–Kier alpha value is -0.970. The molecular weight excluding hydrogens is 322 g/mol. The molecule has 0 saturated carbocycles. The molecule has 0 unspecified atom stereocenters. The summed E-state index contributed by atoms with van der Waals surface area (Å²) in [5.74, 6) is 0.876. The third-order valence-corrected chi connectivity index (χ3v) is 4.68. The van der Waals surface area contributed by atoms with Crippen molar-refractivity contribution in [3.8, 4) is 5.75 Å². The molecule has 19 heavy (non-hydrogen) atoms. The maximum absolute atomic E-state index is 5.57. The van der Waals surface area contributed by atoms with E-state index in [4.69, 9.17) is 10.5 Å². The van der Waals surface area contributed by atoms with Gasteiger partial charge in [-0.2, -0.15) is 0 Å². The summed E-state index contributed by atoms with van der Waals surface area (Å²) in [4.78, 5) is 2.35. The van der Waals surface area contributed by atoms with E-state index in [2.05, 4.69) is 40.2 Å². The predicted molar refractivity (Wildman–Crippen MR) is 84.0 cm³/mol. The molecule has 0 spiro atoms. The van der Waals surface area contributed by atoms with Crippen molar-refractivity contribution in [2.45, 2.75) is 16.2 Å². The van der Waals surface area contributed by atoms with Crippen LogP contribution in [0.15, 0.2) is 56.7 Å². The van der Waals surface area contributed by atoms with Crippen LogP contribution in [0.2, 0.25) is 0 Å². The molecule has 0 aliphatic heterocycles. The van der Waals surface area contributed by atoms with Gasteiger partial charge in [0.2, 0.25) is 0 Å². The highest BCUT2D eigenvalue weighted by molar-refractivity contribution is 9.10. The highest BCUT2D eigenvalue weighted by atomic mass is 79.9. The van der Waals surface area contributed by atoms with Gasteiger partial charge in [-0.1, -0.05) is 23.9 Å². The van der Waals surface area contributed by atoms with Gasteiger partial charge >= 0.3 is 0 Å². The van der Waals surface area contributed by atoms with Crippen molar-refractivity contribution in [1.29, 1.82) is 0 Å². The van der Waals surface area contributed by atoms with Gasteiger partial charge in [-0.15, -0.1) is 0 Å². The zero-order valence-corrected chi connectivity index (χ0v) is 13.1. The van der Waals surface area contributed by atoms with E-state index in [9.17, 15) is 0 Å². The van der Waals surface area contributed by atoms with E-state index < -0.39 is 0 Å². The van der Waals surface area contributed by atoms with Gasteiger partial charge < -0.3 is 10.5 Å². The lowest BCUT2D eigenvalue weighted by atomic mass is 10.2. The highest BCUT2D eigenvalue weighted by Crippen LogP contribution is 2.35. The minimum absolute atomic E-state index is 0.675. The molecule has 0 bridgehead atoms. The van der Waals surface area contributed by atoms with E-state index in [1.54, 1.807) is 18.9 Å². The maximum atomic E-state index is 5.57. The smallest absolute Gasteiger partial charge is 0.119 e. The summed E-state index contributed by atoms with van der Waals surface area (Å²) >= 11 is 5.33. The number of rotatable bonds is 5. The Morgan fingerprint density at radius 1 is 1.21 bits per heavy atom. The average molecular weight is 338 g/mol. The summed E-state index contributed by atoms with van der Waals surface area (Å²) in [6.45, 7) is 0.675. The zero-order chi connectivity index (χ0) is 13.7. The molecule has 0 atom stereocenters. The number of benzene rings is 2. The quantitative estimate of drug-likeness (QED) is 0.891. The Kier molecular flexibility index (Phi) is 5.31. The van der Waals surface area contributed by atoms with E-state index in [-0.39, 0.29) is 0 Å². The molecule has 4 heteroatoms. The predicted octanol–water partition coefficient (Wildman–Crippen LogP) is 4.11. The summed E-state index contributed by atoms with van der Waals surface area (Å²) in [7, 11) is 1.68. The molecular formula is C15H16BrNOS. The number of nitrogens with two attached hydrogens (primary N) is 1. The normalized spacial score (nSPS) is 10.5. The lowest BCUT2D eigenvalue weighted by Crippen LogP contribution is -2.02. The molecule has 0 radical (unpaired) electrons. The molecule has 0 aliphatic carbocycles. The van der Waals surface area contributed by atoms with Crippen molar-refractivity contribution in [1.82, 2.24) is 0 Å². The number of halogens is 1. The van der Waals surface area contributed by atoms with Crippen LogP contribution in [0.4, 0.5) is 0 Å². The van der Waals surface area contributed by atoms with Gasteiger partial charge in [0, 0.05) is 14.3 Å². The maximum Gasteiger partial charge on any atom is 0.119 e. The van der Waals surface area contributed by atoms with Crippen LogP contribution < -0.4 is 10.5 Å². The highest BCUT2D eigenvalue weighted by Gasteiger charge is 2.04. The van der Waals surface area contributed by atoms with Gasteiger partial charge in [0.15, 0.2) is 0 Å². The van der Waals surface area contributed by atoms with Crippen LogP contribution in [-0.2, 0) is 6.42 Å². The first-order valence-corrected chi connectivity index (χ1v) is 7.64. The topological polar surface area (TPSA) is 35.2 Å². The van der Waals surface area contributed by atoms with Crippen LogP contribution >= 0.6 is 27.7 Å². The van der Waals surface area contributed by atoms with Crippen LogP contribution in [-0.4, -0.2) is 13.7 Å². The second-order valence-electron chi connectivity index (χ2n) is 4.08. The van der Waals surface area contributed by atoms with Crippen molar-refractivity contribution in [2.75, 3.05) is 13.7 Å². The van der Waals surface area contributed by atoms with E-state index in [0.717, 1.165) is 21.5 Å². The fraction of sp³-hybridized carbons (Fsp3) is 0.200. The van der Waals surface area contributed by atoms with Crippen molar-refractivity contribution < 1.29 is 4.74 Å². The van der Waals surface area contributed by atoms with Crippen LogP contribution in [0.3, 0.4) is 0 Å². The van der Waals surface area contributed by atoms with Crippen LogP contribution in [0.25, 0.3) is 0 Å². The van der Waals surface area contributed by atoms with Gasteiger partial charge in [0.1, 0.15) is 5.75 Å². The molecule has 2 rings (SSSR count). The average Bonchev–Trinajstić information content (AvgIpc) is 2.42. The Morgan fingerprint density at radius 2 is 2.05 bits per heavy atom. The molecule has 0 heterocycles. The van der Waals surface area contributed by atoms with Crippen molar-refractivity contribution >= 4 is 27.7 Å². The third-order valence-electron chi connectivity index (χ3n) is 2.70. The van der Waals surface area contributed by atoms with Crippen LogP contribution in [0.5, 0.6) is 5.75 Å². The van der Waals surface area contributed by atoms with Gasteiger partial charge in [-0.3, -0.25) is 0 Å². The lowest BCUT2D eigenvalue weighted by Gasteiger charge is -2.08. The van der Waals surface area contributed by atoms with Crippen molar-refractivity contribution in [3.05, 3.63) is 52.5 Å². The summed E-state index contributed by atoms with van der Waals surface area (Å²) < 4.78 is 6.34. The monoisotopic (exact) mass is 337 g/mol. The Bertz CT molecular complexity index is 560. The van der Waals surface area contributed by atoms with Crippen molar-refractivity contribution in [2.24, 2.45) is 5.73 Å². The summed E-state index contributed by atoms with van der Waals surface area (Å²) in [5.41, 5.74) is 6.82. The first kappa shape index (κ1) is 14.4. The molecule has 0 saturated heterocycles. The minimum Gasteiger partial charge on any atom is -0.497 e. The Labute approximate surface area is 126 Å². The second kappa shape index (κ2) is 6.98. The zero-order valence-electron chi connectivity index (χ0n) is 10.7. The molecule has 0 aromatic heterocycles. The van der Waals surface area contributed by atoms with Crippen molar-refractivity contribution in [3.63, 3.8) is 0 Å². The van der Waals surface area contributed by atoms with Crippen LogP contribution in [0.1, 0.15) is 5.56 Å². The van der Waals surface area contributed by atoms with Crippen LogP contribution in [0, 0.1) is 0 Å². The number of ether oxygens (including phenoxy) is 1. The third kappa shape index (κ3) is 4.00. The molecule has 100 valence electrons. The standard InChI is InChI=1S/C15H16BrNOS/c1-18-12-3-2-4-13(10-12)19-15-6-5-11(7-8-17)9-14(15)16/h2-6,9-10H,7-8,17H2,1H3. The van der Waals surface area contributed by atoms with E-state index in [0.29, 0.717) is 6.54 Å². The largest absolute Gasteiger partial charge is 0.497 e. The van der Waals surface area contributed by atoms with Gasteiger partial charge in [-0.25, -0.2) is 0 Å². The summed E-state index contributed by atoms with van der Waals surface area (Å²) in [6.07, 6.45) is 0.905. The van der Waals surface area contributed by atoms with Gasteiger partial charge in [0.05, 0.1) is 7.11 Å². The SMILES string of the molecule is COc1cccc(Sc2ccc(CCN)cc2Br)c1. The molecule has 0 fully saturated rings. The first-order valence-electron chi connectivity index (χ1n) is 6.03. The molecule has 0 amide bonds. The number of hydrogen-bond acceptors (Lipinski definition) is 3.